The first-order chi connectivity index (χ1) is 6.24. The quantitative estimate of drug-likeness (QED) is 0.333. The van der Waals surface area contributed by atoms with Crippen LogP contribution in [0, 0.1) is 0 Å². The van der Waals surface area contributed by atoms with Gasteiger partial charge in [0.2, 0.25) is 0 Å². The molecular formula is C9H16INOS. The fourth-order valence-corrected chi connectivity index (χ4v) is 1.68. The minimum atomic E-state index is 0.609. The Labute approximate surface area is 97.1 Å². The Morgan fingerprint density at radius 3 is 2.46 bits per heavy atom. The van der Waals surface area contributed by atoms with Crippen molar-refractivity contribution in [3.8, 4) is 0 Å². The van der Waals surface area contributed by atoms with Crippen LogP contribution in [0.3, 0.4) is 0 Å². The molecule has 0 aromatic heterocycles. The van der Waals surface area contributed by atoms with E-state index in [4.69, 9.17) is 4.74 Å². The lowest BCUT2D eigenvalue weighted by Gasteiger charge is -1.99. The lowest BCUT2D eigenvalue weighted by atomic mass is 10.4. The maximum atomic E-state index is 4.86. The zero-order valence-corrected chi connectivity index (χ0v) is 11.3. The second kappa shape index (κ2) is 12.0. The van der Waals surface area contributed by atoms with Crippen molar-refractivity contribution in [2.24, 2.45) is 4.99 Å². The van der Waals surface area contributed by atoms with Crippen LogP contribution in [0.5, 0.6) is 0 Å². The molecule has 76 valence electrons. The molecule has 13 heavy (non-hydrogen) atoms. The summed E-state index contributed by atoms with van der Waals surface area (Å²) >= 11 is 2.20. The third kappa shape index (κ3) is 9.95. The Bertz CT molecular complexity index is 180. The van der Waals surface area contributed by atoms with Crippen LogP contribution in [0.4, 0.5) is 0 Å². The number of allylic oxidation sites excluding steroid dienone is 1. The molecule has 0 rings (SSSR count). The molecule has 0 unspecified atom stereocenters. The summed E-state index contributed by atoms with van der Waals surface area (Å²) in [7, 11) is 3.24. The van der Waals surface area contributed by atoms with Gasteiger partial charge < -0.3 is 4.74 Å². The molecule has 0 aromatic carbocycles. The van der Waals surface area contributed by atoms with Gasteiger partial charge in [-0.1, -0.05) is 29.4 Å². The number of ether oxygens (including phenoxy) is 1. The second-order valence-corrected chi connectivity index (χ2v) is 4.09. The van der Waals surface area contributed by atoms with Crippen LogP contribution in [-0.4, -0.2) is 19.6 Å². The van der Waals surface area contributed by atoms with Crippen LogP contribution < -0.4 is 0 Å². The van der Waals surface area contributed by atoms with Gasteiger partial charge in [0.25, 0.3) is 0 Å². The van der Waals surface area contributed by atoms with Crippen LogP contribution in [0.1, 0.15) is 13.8 Å². The van der Waals surface area contributed by atoms with E-state index >= 15 is 0 Å². The molecule has 0 saturated heterocycles. The lowest BCUT2D eigenvalue weighted by molar-refractivity contribution is 0.308. The second-order valence-electron chi connectivity index (χ2n) is 1.72. The SMILES string of the molecule is C=N/C(=C\C(=C)OC)CSI.CC. The third-order valence-corrected chi connectivity index (χ3v) is 2.33. The predicted octanol–water partition coefficient (Wildman–Crippen LogP) is 3.84. The number of hydrogen-bond acceptors (Lipinski definition) is 3. The summed E-state index contributed by atoms with van der Waals surface area (Å²) in [4.78, 5) is 3.81. The van der Waals surface area contributed by atoms with E-state index in [9.17, 15) is 0 Å². The van der Waals surface area contributed by atoms with Gasteiger partial charge in [-0.2, -0.15) is 0 Å². The number of halogens is 1. The minimum absolute atomic E-state index is 0.609. The molecule has 0 aliphatic rings. The Morgan fingerprint density at radius 1 is 1.62 bits per heavy atom. The van der Waals surface area contributed by atoms with Gasteiger partial charge in [0, 0.05) is 11.8 Å². The number of aliphatic imine (C=N–C) groups is 1. The molecule has 0 heterocycles. The molecule has 0 fully saturated rings. The van der Waals surface area contributed by atoms with Gasteiger partial charge in [0.05, 0.1) is 12.8 Å². The standard InChI is InChI=1S/C7H10INOS.C2H6/c1-6(10-3)4-7(9-2)5-11-8;1-2/h4H,1-2,5H2,3H3;1-2H3/b7-4-;. The van der Waals surface area contributed by atoms with Gasteiger partial charge in [0.1, 0.15) is 5.76 Å². The van der Waals surface area contributed by atoms with Gasteiger partial charge in [-0.15, -0.1) is 0 Å². The molecule has 2 nitrogen and oxygen atoms in total. The molecule has 0 aliphatic heterocycles. The highest BCUT2D eigenvalue weighted by Gasteiger charge is 1.93. The van der Waals surface area contributed by atoms with Crippen LogP contribution >= 0.6 is 30.1 Å². The highest BCUT2D eigenvalue weighted by molar-refractivity contribution is 14.2. The normalized spacial score (nSPS) is 9.69. The van der Waals surface area contributed by atoms with Gasteiger partial charge >= 0.3 is 0 Å². The molecule has 0 aliphatic carbocycles. The van der Waals surface area contributed by atoms with Crippen LogP contribution in [0.2, 0.25) is 0 Å². The Balaban J connectivity index is 0. The van der Waals surface area contributed by atoms with E-state index in [0.717, 1.165) is 11.4 Å². The van der Waals surface area contributed by atoms with E-state index in [1.165, 1.54) is 0 Å². The summed E-state index contributed by atoms with van der Waals surface area (Å²) < 4.78 is 4.86. The predicted molar refractivity (Wildman–Crippen MR) is 71.6 cm³/mol. The fraction of sp³-hybridized carbons (Fsp3) is 0.444. The molecule has 0 amide bonds. The third-order valence-electron chi connectivity index (χ3n) is 0.995. The van der Waals surface area contributed by atoms with Crippen molar-refractivity contribution in [1.82, 2.24) is 0 Å². The minimum Gasteiger partial charge on any atom is -0.497 e. The number of nitrogens with zero attached hydrogens (tertiary/aromatic N) is 1. The highest BCUT2D eigenvalue weighted by Crippen LogP contribution is 2.16. The van der Waals surface area contributed by atoms with Crippen LogP contribution in [0.25, 0.3) is 0 Å². The molecule has 4 heteroatoms. The van der Waals surface area contributed by atoms with Crippen molar-refractivity contribution in [2.75, 3.05) is 12.9 Å². The van der Waals surface area contributed by atoms with Crippen molar-refractivity contribution in [3.63, 3.8) is 0 Å². The smallest absolute Gasteiger partial charge is 0.113 e. The summed E-state index contributed by atoms with van der Waals surface area (Å²) in [5, 5.41) is 0. The van der Waals surface area contributed by atoms with Gasteiger partial charge in [-0.3, -0.25) is 4.99 Å². The van der Waals surface area contributed by atoms with Crippen molar-refractivity contribution in [2.45, 2.75) is 13.8 Å². The molecule has 0 aromatic rings. The topological polar surface area (TPSA) is 21.6 Å². The molecule has 0 spiro atoms. The summed E-state index contributed by atoms with van der Waals surface area (Å²) in [5.74, 6) is 1.43. The van der Waals surface area contributed by atoms with Crippen molar-refractivity contribution in [3.05, 3.63) is 24.1 Å². The Morgan fingerprint density at radius 2 is 2.15 bits per heavy atom. The molecule has 0 saturated carbocycles. The zero-order chi connectivity index (χ0) is 10.7. The summed E-state index contributed by atoms with van der Waals surface area (Å²) in [6.45, 7) is 11.1. The van der Waals surface area contributed by atoms with E-state index in [1.54, 1.807) is 22.1 Å². The monoisotopic (exact) mass is 313 g/mol. The summed E-state index contributed by atoms with van der Waals surface area (Å²) in [6.07, 6.45) is 1.78. The van der Waals surface area contributed by atoms with E-state index in [0.29, 0.717) is 5.76 Å². The number of methoxy groups -OCH3 is 1. The van der Waals surface area contributed by atoms with Gasteiger partial charge in [-0.05, 0) is 27.9 Å². The number of rotatable bonds is 5. The lowest BCUT2D eigenvalue weighted by Crippen LogP contribution is -1.85. The van der Waals surface area contributed by atoms with Gasteiger partial charge in [0.15, 0.2) is 0 Å². The van der Waals surface area contributed by atoms with E-state index in [1.807, 2.05) is 13.8 Å². The maximum absolute atomic E-state index is 4.86. The molecular weight excluding hydrogens is 297 g/mol. The highest BCUT2D eigenvalue weighted by atomic mass is 127. The first-order valence-corrected chi connectivity index (χ1v) is 7.41. The molecule has 0 N–H and O–H groups in total. The first-order valence-electron chi connectivity index (χ1n) is 3.88. The largest absolute Gasteiger partial charge is 0.497 e. The van der Waals surface area contributed by atoms with E-state index < -0.39 is 0 Å². The first kappa shape index (κ1) is 15.5. The molecule has 0 atom stereocenters. The van der Waals surface area contributed by atoms with Gasteiger partial charge in [-0.25, -0.2) is 0 Å². The fourth-order valence-electron chi connectivity index (χ4n) is 0.434. The van der Waals surface area contributed by atoms with E-state index in [-0.39, 0.29) is 0 Å². The van der Waals surface area contributed by atoms with E-state index in [2.05, 4.69) is 39.5 Å². The van der Waals surface area contributed by atoms with Crippen LogP contribution in [0.15, 0.2) is 29.1 Å². The summed E-state index contributed by atoms with van der Waals surface area (Å²) in [6, 6.07) is 0. The maximum Gasteiger partial charge on any atom is 0.113 e. The molecule has 0 radical (unpaired) electrons. The average molecular weight is 313 g/mol. The van der Waals surface area contributed by atoms with Crippen molar-refractivity contribution in [1.29, 1.82) is 0 Å². The average Bonchev–Trinajstić information content (AvgIpc) is 2.20. The van der Waals surface area contributed by atoms with Crippen molar-refractivity contribution < 1.29 is 4.74 Å². The van der Waals surface area contributed by atoms with Crippen LogP contribution in [-0.2, 0) is 4.74 Å². The number of hydrogen-bond donors (Lipinski definition) is 0. The Hall–Kier alpha value is 0.0300. The Kier molecular flexibility index (Phi) is 14.3. The van der Waals surface area contributed by atoms with Crippen molar-refractivity contribution >= 4 is 36.9 Å². The molecule has 0 bridgehead atoms. The zero-order valence-electron chi connectivity index (χ0n) is 8.34. The summed E-state index contributed by atoms with van der Waals surface area (Å²) in [5.41, 5.74) is 0.885.